The first-order chi connectivity index (χ1) is 19.2. The fourth-order valence-corrected chi connectivity index (χ4v) is 6.56. The van der Waals surface area contributed by atoms with Crippen LogP contribution in [0.1, 0.15) is 90.5 Å². The summed E-state index contributed by atoms with van der Waals surface area (Å²) in [7, 11) is -0.726. The largest absolute Gasteiger partial charge is 0.494 e. The molecule has 4 aliphatic rings. The van der Waals surface area contributed by atoms with Crippen LogP contribution < -0.4 is 10.9 Å². The van der Waals surface area contributed by atoms with Crippen LogP contribution in [0.25, 0.3) is 11.1 Å². The second kappa shape index (κ2) is 8.70. The molecule has 7 rings (SSSR count). The van der Waals surface area contributed by atoms with Gasteiger partial charge in [0.05, 0.1) is 22.4 Å². The van der Waals surface area contributed by atoms with Gasteiger partial charge in [0.15, 0.2) is 0 Å². The Bertz CT molecular complexity index is 1510. The third kappa shape index (κ3) is 4.06. The van der Waals surface area contributed by atoms with Crippen LogP contribution in [0.4, 0.5) is 0 Å². The number of rotatable bonds is 4. The molecule has 0 radical (unpaired) electrons. The van der Waals surface area contributed by atoms with Gasteiger partial charge in [-0.15, -0.1) is 0 Å². The monoisotopic (exact) mass is 546 g/mol. The number of fused-ring (bicyclic) bond motifs is 2. The number of benzene rings is 3. The Morgan fingerprint density at radius 2 is 0.927 bits per heavy atom. The molecule has 6 heteroatoms. The zero-order chi connectivity index (χ0) is 29.0. The van der Waals surface area contributed by atoms with E-state index in [9.17, 15) is 0 Å². The highest BCUT2D eigenvalue weighted by molar-refractivity contribution is 6.62. The fourth-order valence-electron chi connectivity index (χ4n) is 6.56. The van der Waals surface area contributed by atoms with Crippen molar-refractivity contribution in [1.29, 1.82) is 0 Å². The van der Waals surface area contributed by atoms with Crippen LogP contribution in [-0.2, 0) is 24.0 Å². The van der Waals surface area contributed by atoms with Gasteiger partial charge in [-0.05, 0) is 113 Å². The summed E-state index contributed by atoms with van der Waals surface area (Å²) in [5.74, 6) is 0. The second-order valence-electron chi connectivity index (χ2n) is 14.3. The summed E-state index contributed by atoms with van der Waals surface area (Å²) >= 11 is 0. The van der Waals surface area contributed by atoms with Crippen LogP contribution in [-0.4, -0.2) is 36.6 Å². The molecule has 2 heterocycles. The molecule has 4 nitrogen and oxygen atoms in total. The molecular formula is C35H40B2O4. The van der Waals surface area contributed by atoms with Gasteiger partial charge < -0.3 is 18.6 Å². The van der Waals surface area contributed by atoms with Crippen LogP contribution in [0.15, 0.2) is 72.8 Å². The van der Waals surface area contributed by atoms with Crippen molar-refractivity contribution < 1.29 is 18.6 Å². The highest BCUT2D eigenvalue weighted by Gasteiger charge is 2.55. The Balaban J connectivity index is 1.27. The van der Waals surface area contributed by atoms with E-state index in [0.29, 0.717) is 0 Å². The maximum atomic E-state index is 6.33. The van der Waals surface area contributed by atoms with Crippen molar-refractivity contribution in [3.8, 4) is 0 Å². The maximum absolute atomic E-state index is 6.33. The topological polar surface area (TPSA) is 36.9 Å². The summed E-state index contributed by atoms with van der Waals surface area (Å²) in [5.41, 5.74) is 8.82. The van der Waals surface area contributed by atoms with E-state index in [2.05, 4.69) is 128 Å². The summed E-state index contributed by atoms with van der Waals surface area (Å²) < 4.78 is 25.3. The Labute approximate surface area is 245 Å². The minimum absolute atomic E-state index is 0.0855. The molecule has 3 aromatic carbocycles. The molecule has 2 aliphatic carbocycles. The highest BCUT2D eigenvalue weighted by atomic mass is 16.7. The highest BCUT2D eigenvalue weighted by Crippen LogP contribution is 2.65. The van der Waals surface area contributed by atoms with Gasteiger partial charge in [0.25, 0.3) is 0 Å². The number of hydrogen-bond acceptors (Lipinski definition) is 4. The Kier molecular flexibility index (Phi) is 5.78. The van der Waals surface area contributed by atoms with Gasteiger partial charge in [-0.1, -0.05) is 72.8 Å². The van der Waals surface area contributed by atoms with Crippen molar-refractivity contribution in [3.05, 3.63) is 95.1 Å². The predicted octanol–water partition coefficient (Wildman–Crippen LogP) is 6.29. The van der Waals surface area contributed by atoms with Crippen molar-refractivity contribution in [2.24, 2.45) is 0 Å². The average molecular weight is 546 g/mol. The first-order valence-corrected chi connectivity index (χ1v) is 15.0. The SMILES string of the molecule is CC1(C)OB(c2ccc(C3=C(c4ccc(B5OC(C)(C)C(C)(C)O5)cc4)C4(CC4)c4ccccc43)cc2)OC1(C)C. The summed E-state index contributed by atoms with van der Waals surface area (Å²) in [6, 6.07) is 26.7. The Morgan fingerprint density at radius 1 is 0.512 bits per heavy atom. The molecule has 210 valence electrons. The van der Waals surface area contributed by atoms with E-state index in [1.165, 1.54) is 46.2 Å². The van der Waals surface area contributed by atoms with Crippen LogP contribution >= 0.6 is 0 Å². The lowest BCUT2D eigenvalue weighted by Crippen LogP contribution is -2.41. The van der Waals surface area contributed by atoms with E-state index in [4.69, 9.17) is 18.6 Å². The molecule has 2 saturated heterocycles. The molecule has 0 N–H and O–H groups in total. The molecule has 0 bridgehead atoms. The van der Waals surface area contributed by atoms with Gasteiger partial charge in [-0.2, -0.15) is 0 Å². The van der Waals surface area contributed by atoms with E-state index >= 15 is 0 Å². The van der Waals surface area contributed by atoms with E-state index in [-0.39, 0.29) is 42.1 Å². The van der Waals surface area contributed by atoms with Crippen molar-refractivity contribution >= 4 is 36.3 Å². The normalized spacial score (nSPS) is 24.3. The van der Waals surface area contributed by atoms with Crippen molar-refractivity contribution in [1.82, 2.24) is 0 Å². The van der Waals surface area contributed by atoms with E-state index in [0.717, 1.165) is 10.9 Å². The zero-order valence-electron chi connectivity index (χ0n) is 25.6. The third-order valence-corrected chi connectivity index (χ3v) is 10.6. The average Bonchev–Trinajstić information content (AvgIpc) is 3.54. The van der Waals surface area contributed by atoms with Gasteiger partial charge in [0.2, 0.25) is 0 Å². The van der Waals surface area contributed by atoms with Crippen LogP contribution in [0.2, 0.25) is 0 Å². The molecule has 3 fully saturated rings. The summed E-state index contributed by atoms with van der Waals surface area (Å²) in [4.78, 5) is 0. The quantitative estimate of drug-likeness (QED) is 0.361. The maximum Gasteiger partial charge on any atom is 0.494 e. The zero-order valence-corrected chi connectivity index (χ0v) is 25.6. The van der Waals surface area contributed by atoms with Crippen LogP contribution in [0, 0.1) is 0 Å². The lowest BCUT2D eigenvalue weighted by molar-refractivity contribution is 0.00578. The summed E-state index contributed by atoms with van der Waals surface area (Å²) in [6.45, 7) is 16.8. The minimum Gasteiger partial charge on any atom is -0.399 e. The van der Waals surface area contributed by atoms with Crippen LogP contribution in [0.5, 0.6) is 0 Å². The van der Waals surface area contributed by atoms with E-state index < -0.39 is 0 Å². The molecule has 0 amide bonds. The van der Waals surface area contributed by atoms with Gasteiger partial charge in [0.1, 0.15) is 0 Å². The number of hydrogen-bond donors (Lipinski definition) is 0. The third-order valence-electron chi connectivity index (χ3n) is 10.6. The molecule has 2 aliphatic heterocycles. The smallest absolute Gasteiger partial charge is 0.399 e. The van der Waals surface area contributed by atoms with Gasteiger partial charge in [-0.3, -0.25) is 0 Å². The van der Waals surface area contributed by atoms with E-state index in [1.54, 1.807) is 0 Å². The van der Waals surface area contributed by atoms with Crippen molar-refractivity contribution in [3.63, 3.8) is 0 Å². The van der Waals surface area contributed by atoms with Crippen molar-refractivity contribution in [2.75, 3.05) is 0 Å². The molecule has 1 spiro atoms. The number of allylic oxidation sites excluding steroid dienone is 1. The van der Waals surface area contributed by atoms with Gasteiger partial charge >= 0.3 is 14.2 Å². The Morgan fingerprint density at radius 3 is 1.37 bits per heavy atom. The lowest BCUT2D eigenvalue weighted by Gasteiger charge is -2.32. The molecule has 1 saturated carbocycles. The minimum atomic E-state index is -0.365. The molecule has 0 aromatic heterocycles. The fraction of sp³-hybridized carbons (Fsp3) is 0.429. The molecule has 3 aromatic rings. The summed E-state index contributed by atoms with van der Waals surface area (Å²) in [5, 5.41) is 0. The first kappa shape index (κ1) is 27.2. The molecule has 41 heavy (non-hydrogen) atoms. The second-order valence-corrected chi connectivity index (χ2v) is 14.3. The van der Waals surface area contributed by atoms with Crippen LogP contribution in [0.3, 0.4) is 0 Å². The first-order valence-electron chi connectivity index (χ1n) is 15.0. The Hall–Kier alpha value is -2.63. The molecular weight excluding hydrogens is 506 g/mol. The van der Waals surface area contributed by atoms with Gasteiger partial charge in [0, 0.05) is 5.41 Å². The lowest BCUT2D eigenvalue weighted by atomic mass is 9.77. The molecule has 0 atom stereocenters. The van der Waals surface area contributed by atoms with E-state index in [1.807, 2.05) is 0 Å². The van der Waals surface area contributed by atoms with Gasteiger partial charge in [-0.25, -0.2) is 0 Å². The standard InChI is InChI=1S/C35H40B2O4/c1-31(2)32(3,4)39-36(38-31)25-17-13-23(14-18-25)29-27-11-9-10-12-28(27)35(21-22-35)30(29)24-15-19-26(20-16-24)37-40-33(5,6)34(7,8)41-37/h9-20H,21-22H2,1-8H3. The van der Waals surface area contributed by atoms with Crippen molar-refractivity contribution in [2.45, 2.75) is 96.1 Å². The summed E-state index contributed by atoms with van der Waals surface area (Å²) in [6.07, 6.45) is 2.35. The molecule has 0 unspecified atom stereocenters. The predicted molar refractivity (Wildman–Crippen MR) is 168 cm³/mol.